The van der Waals surface area contributed by atoms with Crippen LogP contribution in [0, 0.1) is 0 Å². The number of hydrogen-bond donors (Lipinski definition) is 0. The van der Waals surface area contributed by atoms with E-state index in [0.717, 1.165) is 0 Å². The van der Waals surface area contributed by atoms with Crippen LogP contribution < -0.4 is 0 Å². The number of rotatable bonds is 3. The largest absolute Gasteiger partial charge is 0.135 e. The number of benzene rings is 9. The zero-order valence-electron chi connectivity index (χ0n) is 25.6. The van der Waals surface area contributed by atoms with Crippen molar-refractivity contribution < 1.29 is 0 Å². The predicted octanol–water partition coefficient (Wildman–Crippen LogP) is 13.7. The number of fused-ring (bicyclic) bond motifs is 8. The summed E-state index contributed by atoms with van der Waals surface area (Å²) in [7, 11) is 0. The molecule has 10 rings (SSSR count). The Labute approximate surface area is 276 Å². The van der Waals surface area contributed by atoms with E-state index >= 15 is 0 Å². The van der Waals surface area contributed by atoms with Crippen LogP contribution in [-0.2, 0) is 0 Å². The van der Waals surface area contributed by atoms with Gasteiger partial charge in [-0.3, -0.25) is 0 Å². The molecule has 0 amide bonds. The van der Waals surface area contributed by atoms with Crippen LogP contribution in [0.25, 0.3) is 96.6 Å². The first-order chi connectivity index (χ1) is 23.3. The normalized spacial score (nSPS) is 11.8. The Balaban J connectivity index is 1.32. The summed E-state index contributed by atoms with van der Waals surface area (Å²) in [5, 5.41) is 12.9. The van der Waals surface area contributed by atoms with Gasteiger partial charge in [-0.2, -0.15) is 0 Å². The second-order valence-corrected chi connectivity index (χ2v) is 13.4. The first-order valence-corrected chi connectivity index (χ1v) is 17.0. The molecule has 218 valence electrons. The van der Waals surface area contributed by atoms with Crippen LogP contribution in [-0.4, -0.2) is 0 Å². The third kappa shape index (κ3) is 4.00. The van der Waals surface area contributed by atoms with Gasteiger partial charge < -0.3 is 0 Å². The molecule has 0 N–H and O–H groups in total. The molecule has 0 aliphatic rings. The van der Waals surface area contributed by atoms with Gasteiger partial charge in [0.25, 0.3) is 0 Å². The van der Waals surface area contributed by atoms with E-state index in [1.165, 1.54) is 96.6 Å². The smallest absolute Gasteiger partial charge is 0.0434 e. The SMILES string of the molecule is c1ccc(-c2c3ccccc3c(-c3cc(-c4cccc5c4sc4ccc6ccccc6c45)cc4ccccc34)c3ccccc23)cc1. The molecule has 10 aromatic rings. The van der Waals surface area contributed by atoms with Crippen LogP contribution in [0.4, 0.5) is 0 Å². The van der Waals surface area contributed by atoms with Crippen LogP contribution in [0.3, 0.4) is 0 Å². The average Bonchev–Trinajstić information content (AvgIpc) is 3.53. The first kappa shape index (κ1) is 26.5. The summed E-state index contributed by atoms with van der Waals surface area (Å²) in [4.78, 5) is 0. The van der Waals surface area contributed by atoms with Crippen LogP contribution in [0.5, 0.6) is 0 Å². The molecular weight excluding hydrogens is 585 g/mol. The zero-order chi connectivity index (χ0) is 30.9. The number of thiophene rings is 1. The Bertz CT molecular complexity index is 2780. The highest BCUT2D eigenvalue weighted by atomic mass is 32.1. The van der Waals surface area contributed by atoms with Gasteiger partial charge in [0.2, 0.25) is 0 Å². The van der Waals surface area contributed by atoms with Crippen molar-refractivity contribution >= 4 is 74.6 Å². The van der Waals surface area contributed by atoms with E-state index in [9.17, 15) is 0 Å². The first-order valence-electron chi connectivity index (χ1n) is 16.2. The Morgan fingerprint density at radius 3 is 1.62 bits per heavy atom. The second kappa shape index (κ2) is 10.4. The van der Waals surface area contributed by atoms with E-state index in [0.29, 0.717) is 0 Å². The fourth-order valence-corrected chi connectivity index (χ4v) is 9.06. The summed E-state index contributed by atoms with van der Waals surface area (Å²) < 4.78 is 2.68. The molecule has 0 unspecified atom stereocenters. The molecule has 0 nitrogen and oxygen atoms in total. The third-order valence-corrected chi connectivity index (χ3v) is 11.0. The zero-order valence-corrected chi connectivity index (χ0v) is 26.4. The van der Waals surface area contributed by atoms with E-state index in [1.807, 2.05) is 11.3 Å². The van der Waals surface area contributed by atoms with Gasteiger partial charge in [0, 0.05) is 20.2 Å². The van der Waals surface area contributed by atoms with E-state index in [4.69, 9.17) is 0 Å². The minimum Gasteiger partial charge on any atom is -0.135 e. The van der Waals surface area contributed by atoms with Crippen molar-refractivity contribution in [1.82, 2.24) is 0 Å². The molecule has 0 atom stereocenters. The van der Waals surface area contributed by atoms with Gasteiger partial charge in [0.15, 0.2) is 0 Å². The van der Waals surface area contributed by atoms with Gasteiger partial charge in [0.05, 0.1) is 0 Å². The average molecular weight is 613 g/mol. The fourth-order valence-electron chi connectivity index (χ4n) is 7.80. The van der Waals surface area contributed by atoms with Crippen molar-refractivity contribution in [2.75, 3.05) is 0 Å². The van der Waals surface area contributed by atoms with E-state index in [2.05, 4.69) is 170 Å². The molecule has 0 fully saturated rings. The molecule has 0 saturated heterocycles. The minimum absolute atomic E-state index is 1.24. The van der Waals surface area contributed by atoms with E-state index in [1.54, 1.807) is 0 Å². The van der Waals surface area contributed by atoms with Crippen molar-refractivity contribution in [3.8, 4) is 33.4 Å². The summed E-state index contributed by atoms with van der Waals surface area (Å²) in [5.74, 6) is 0. The highest BCUT2D eigenvalue weighted by molar-refractivity contribution is 7.26. The monoisotopic (exact) mass is 612 g/mol. The lowest BCUT2D eigenvalue weighted by Crippen LogP contribution is -1.92. The van der Waals surface area contributed by atoms with Gasteiger partial charge in [0.1, 0.15) is 0 Å². The third-order valence-electron chi connectivity index (χ3n) is 9.82. The van der Waals surface area contributed by atoms with Crippen molar-refractivity contribution in [2.45, 2.75) is 0 Å². The Hall–Kier alpha value is -5.76. The molecule has 1 aromatic heterocycles. The quantitative estimate of drug-likeness (QED) is 0.174. The van der Waals surface area contributed by atoms with E-state index < -0.39 is 0 Å². The fraction of sp³-hybridized carbons (Fsp3) is 0. The Morgan fingerprint density at radius 2 is 0.894 bits per heavy atom. The lowest BCUT2D eigenvalue weighted by atomic mass is 9.84. The molecule has 0 spiro atoms. The van der Waals surface area contributed by atoms with Gasteiger partial charge in [-0.15, -0.1) is 11.3 Å². The molecule has 9 aromatic carbocycles. The van der Waals surface area contributed by atoms with Gasteiger partial charge >= 0.3 is 0 Å². The molecule has 0 aliphatic carbocycles. The summed E-state index contributed by atoms with van der Waals surface area (Å²) in [6.45, 7) is 0. The van der Waals surface area contributed by atoms with Gasteiger partial charge in [-0.25, -0.2) is 0 Å². The van der Waals surface area contributed by atoms with Crippen LogP contribution in [0.15, 0.2) is 170 Å². The van der Waals surface area contributed by atoms with Crippen LogP contribution in [0.2, 0.25) is 0 Å². The minimum atomic E-state index is 1.24. The highest BCUT2D eigenvalue weighted by Crippen LogP contribution is 2.48. The maximum Gasteiger partial charge on any atom is 0.0434 e. The van der Waals surface area contributed by atoms with Crippen molar-refractivity contribution in [3.63, 3.8) is 0 Å². The van der Waals surface area contributed by atoms with E-state index in [-0.39, 0.29) is 0 Å². The van der Waals surface area contributed by atoms with Crippen LogP contribution in [0.1, 0.15) is 0 Å². The molecule has 0 radical (unpaired) electrons. The molecule has 0 saturated carbocycles. The van der Waals surface area contributed by atoms with Crippen molar-refractivity contribution in [1.29, 1.82) is 0 Å². The second-order valence-electron chi connectivity index (χ2n) is 12.4. The van der Waals surface area contributed by atoms with Gasteiger partial charge in [-0.1, -0.05) is 152 Å². The molecular formula is C46H28S. The highest BCUT2D eigenvalue weighted by Gasteiger charge is 2.20. The maximum atomic E-state index is 2.45. The van der Waals surface area contributed by atoms with Crippen molar-refractivity contribution in [2.24, 2.45) is 0 Å². The Morgan fingerprint density at radius 1 is 0.319 bits per heavy atom. The summed E-state index contributed by atoms with van der Waals surface area (Å²) >= 11 is 1.91. The van der Waals surface area contributed by atoms with Gasteiger partial charge in [-0.05, 0) is 94.7 Å². The molecule has 0 bridgehead atoms. The summed E-state index contributed by atoms with van der Waals surface area (Å²) in [5.41, 5.74) is 7.64. The molecule has 1 heterocycles. The standard InChI is InChI=1S/C46H28S/c1-2-14-30(15-3-1)43-36-19-8-10-21-38(36)44(39-22-11-9-20-37(39)43)41-28-32(27-31-16-5-6-17-33(31)41)35-23-12-24-40-45-34-18-7-4-13-29(34)25-26-42(45)47-46(35)40/h1-28H. The topological polar surface area (TPSA) is 0 Å². The van der Waals surface area contributed by atoms with Crippen LogP contribution >= 0.6 is 11.3 Å². The maximum absolute atomic E-state index is 2.45. The lowest BCUT2D eigenvalue weighted by Gasteiger charge is -2.19. The predicted molar refractivity (Wildman–Crippen MR) is 206 cm³/mol. The summed E-state index contributed by atoms with van der Waals surface area (Å²) in [6.07, 6.45) is 0. The Kier molecular flexibility index (Phi) is 5.85. The van der Waals surface area contributed by atoms with Crippen molar-refractivity contribution in [3.05, 3.63) is 170 Å². The number of hydrogen-bond acceptors (Lipinski definition) is 1. The molecule has 1 heteroatoms. The lowest BCUT2D eigenvalue weighted by molar-refractivity contribution is 1.66. The molecule has 47 heavy (non-hydrogen) atoms. The summed E-state index contributed by atoms with van der Waals surface area (Å²) in [6, 6.07) is 62.7. The molecule has 0 aliphatic heterocycles.